The summed E-state index contributed by atoms with van der Waals surface area (Å²) in [5.74, 6) is -13.2. The van der Waals surface area contributed by atoms with E-state index in [0.717, 1.165) is 0 Å². The molecule has 1 unspecified atom stereocenters. The highest BCUT2D eigenvalue weighted by Crippen LogP contribution is 2.50. The maximum atomic E-state index is 11.9. The van der Waals surface area contributed by atoms with Gasteiger partial charge in [-0.3, -0.25) is 0 Å². The van der Waals surface area contributed by atoms with Crippen molar-refractivity contribution in [2.75, 3.05) is 0 Å². The molecule has 0 saturated heterocycles. The molecular weight excluding hydrogens is 233 g/mol. The Balaban J connectivity index is 5.30. The summed E-state index contributed by atoms with van der Waals surface area (Å²) in [6.45, 7) is 0. The van der Waals surface area contributed by atoms with Crippen molar-refractivity contribution in [3.63, 3.8) is 0 Å². The maximum absolute atomic E-state index is 11.9. The second-order valence-corrected chi connectivity index (χ2v) is 2.23. The summed E-state index contributed by atoms with van der Waals surface area (Å²) >= 11 is 0. The van der Waals surface area contributed by atoms with Gasteiger partial charge in [0.2, 0.25) is 0 Å². The number of hydrogen-bond acceptors (Lipinski definition) is 0. The van der Waals surface area contributed by atoms with Crippen molar-refractivity contribution < 1.29 is 39.5 Å². The lowest BCUT2D eigenvalue weighted by molar-refractivity contribution is -0.384. The molecule has 0 heterocycles. The van der Waals surface area contributed by atoms with Crippen LogP contribution in [0.3, 0.4) is 0 Å². The third-order valence-corrected chi connectivity index (χ3v) is 1.18. The molecule has 0 aliphatic heterocycles. The minimum Gasteiger partial charge on any atom is -0.208 e. The highest BCUT2D eigenvalue weighted by atomic mass is 19.4. The fourth-order valence-corrected chi connectivity index (χ4v) is 0.373. The average Bonchev–Trinajstić information content (AvgIpc) is 1.81. The van der Waals surface area contributed by atoms with E-state index >= 15 is 0 Å². The van der Waals surface area contributed by atoms with Crippen molar-refractivity contribution in [2.24, 2.45) is 0 Å². The van der Waals surface area contributed by atoms with Crippen molar-refractivity contribution >= 4 is 0 Å². The monoisotopic (exact) mass is 234 g/mol. The van der Waals surface area contributed by atoms with E-state index < -0.39 is 24.1 Å². The molecule has 0 saturated carbocycles. The van der Waals surface area contributed by atoms with Gasteiger partial charge in [0.1, 0.15) is 0 Å². The van der Waals surface area contributed by atoms with Crippen molar-refractivity contribution in [3.05, 3.63) is 0 Å². The quantitative estimate of drug-likeness (QED) is 0.492. The van der Waals surface area contributed by atoms with Crippen LogP contribution >= 0.6 is 0 Å². The molecule has 0 spiro atoms. The molecule has 0 aromatic carbocycles. The van der Waals surface area contributed by atoms with Crippen LogP contribution in [0, 0.1) is 0 Å². The smallest absolute Gasteiger partial charge is 0.208 e. The van der Waals surface area contributed by atoms with Crippen LogP contribution in [0.15, 0.2) is 0 Å². The van der Waals surface area contributed by atoms with Gasteiger partial charge in [-0.2, -0.15) is 35.1 Å². The van der Waals surface area contributed by atoms with Crippen LogP contribution in [0.25, 0.3) is 0 Å². The summed E-state index contributed by atoms with van der Waals surface area (Å²) in [5, 5.41) is 0. The van der Waals surface area contributed by atoms with Crippen LogP contribution < -0.4 is 5.73 Å². The molecule has 0 fully saturated rings. The van der Waals surface area contributed by atoms with E-state index in [1.165, 1.54) is 0 Å². The molecule has 0 rings (SSSR count). The van der Waals surface area contributed by atoms with Gasteiger partial charge in [-0.15, -0.1) is 0 Å². The summed E-state index contributed by atoms with van der Waals surface area (Å²) in [4.78, 5) is 0. The number of hydrogen-bond donors (Lipinski definition) is 0. The Morgan fingerprint density at radius 3 is 0.929 bits per heavy atom. The summed E-state index contributed by atoms with van der Waals surface area (Å²) in [7, 11) is 0. The van der Waals surface area contributed by atoms with Crippen LogP contribution in [0.4, 0.5) is 39.5 Å². The van der Waals surface area contributed by atoms with E-state index in [4.69, 9.17) is 5.73 Å². The van der Waals surface area contributed by atoms with Gasteiger partial charge in [-0.1, -0.05) is 0 Å². The van der Waals surface area contributed by atoms with Crippen LogP contribution in [-0.2, 0) is 0 Å². The van der Waals surface area contributed by atoms with Gasteiger partial charge in [0.15, 0.2) is 0 Å². The van der Waals surface area contributed by atoms with E-state index in [2.05, 4.69) is 0 Å². The Morgan fingerprint density at radius 1 is 0.571 bits per heavy atom. The van der Waals surface area contributed by atoms with Crippen molar-refractivity contribution in [1.82, 2.24) is 5.73 Å². The first-order valence-corrected chi connectivity index (χ1v) is 2.70. The predicted molar refractivity (Wildman–Crippen MR) is 24.0 cm³/mol. The second kappa shape index (κ2) is 2.91. The number of halogens is 9. The minimum atomic E-state index is -6.81. The van der Waals surface area contributed by atoms with Gasteiger partial charge in [0.05, 0.1) is 0 Å². The first kappa shape index (κ1) is 13.3. The van der Waals surface area contributed by atoms with E-state index in [9.17, 15) is 39.5 Å². The average molecular weight is 234 g/mol. The van der Waals surface area contributed by atoms with E-state index in [-0.39, 0.29) is 0 Å². The molecule has 1 atom stereocenters. The van der Waals surface area contributed by atoms with E-state index in [0.29, 0.717) is 0 Å². The molecule has 1 N–H and O–H groups in total. The Bertz CT molecular complexity index is 186. The third-order valence-electron chi connectivity index (χ3n) is 1.18. The molecule has 1 nitrogen and oxygen atoms in total. The van der Waals surface area contributed by atoms with Crippen LogP contribution in [0.2, 0.25) is 0 Å². The SMILES string of the molecule is [NH]C(F)(C(F)(F)F)C(F)(F)C(F)(F)F. The van der Waals surface area contributed by atoms with Gasteiger partial charge in [0.25, 0.3) is 0 Å². The highest BCUT2D eigenvalue weighted by Gasteiger charge is 2.80. The van der Waals surface area contributed by atoms with Gasteiger partial charge in [-0.25, -0.2) is 10.1 Å². The lowest BCUT2D eigenvalue weighted by atomic mass is 10.1. The van der Waals surface area contributed by atoms with Crippen LogP contribution in [0.5, 0.6) is 0 Å². The Kier molecular flexibility index (Phi) is 2.77. The lowest BCUT2D eigenvalue weighted by Gasteiger charge is -2.31. The third kappa shape index (κ3) is 1.74. The molecule has 0 aromatic heterocycles. The predicted octanol–water partition coefficient (Wildman–Crippen LogP) is 2.69. The first-order chi connectivity index (χ1) is 5.75. The summed E-state index contributed by atoms with van der Waals surface area (Å²) in [6, 6.07) is 0. The highest BCUT2D eigenvalue weighted by molar-refractivity contribution is 4.98. The molecule has 0 aliphatic carbocycles. The van der Waals surface area contributed by atoms with Crippen LogP contribution in [-0.4, -0.2) is 24.1 Å². The zero-order chi connectivity index (χ0) is 12.0. The first-order valence-electron chi connectivity index (χ1n) is 2.70. The molecule has 0 aliphatic rings. The summed E-state index contributed by atoms with van der Waals surface area (Å²) < 4.78 is 103. The number of alkyl halides is 9. The van der Waals surface area contributed by atoms with Gasteiger partial charge < -0.3 is 0 Å². The molecule has 0 amide bonds. The largest absolute Gasteiger partial charge is 0.458 e. The number of rotatable bonds is 1. The molecule has 0 bridgehead atoms. The fourth-order valence-electron chi connectivity index (χ4n) is 0.373. The normalized spacial score (nSPS) is 19.3. The fraction of sp³-hybridized carbons (Fsp3) is 1.00. The summed E-state index contributed by atoms with van der Waals surface area (Å²) in [6.07, 6.45) is -13.4. The van der Waals surface area contributed by atoms with Gasteiger partial charge in [0, 0.05) is 0 Å². The zero-order valence-corrected chi connectivity index (χ0v) is 5.90. The summed E-state index contributed by atoms with van der Waals surface area (Å²) in [5.41, 5.74) is 5.37. The van der Waals surface area contributed by atoms with Crippen molar-refractivity contribution in [3.8, 4) is 0 Å². The van der Waals surface area contributed by atoms with Gasteiger partial charge >= 0.3 is 24.1 Å². The standard InChI is InChI=1S/C4HF9N/c5-1(6,3(8,9)10)2(7,14)4(11,12)13/h14H. The lowest BCUT2D eigenvalue weighted by Crippen LogP contribution is -2.63. The maximum Gasteiger partial charge on any atom is 0.458 e. The van der Waals surface area contributed by atoms with Crippen LogP contribution in [0.1, 0.15) is 0 Å². The zero-order valence-electron chi connectivity index (χ0n) is 5.90. The molecule has 0 aromatic rings. The molecule has 14 heavy (non-hydrogen) atoms. The Hall–Kier alpha value is -0.670. The van der Waals surface area contributed by atoms with E-state index in [1.54, 1.807) is 0 Å². The topological polar surface area (TPSA) is 23.8 Å². The second-order valence-electron chi connectivity index (χ2n) is 2.23. The van der Waals surface area contributed by atoms with Crippen molar-refractivity contribution in [1.29, 1.82) is 0 Å². The molecule has 85 valence electrons. The minimum absolute atomic E-state index is 5.37. The number of nitrogens with one attached hydrogen (secondary N) is 1. The molecular formula is C4HF9N. The van der Waals surface area contributed by atoms with Crippen molar-refractivity contribution in [2.45, 2.75) is 24.1 Å². The van der Waals surface area contributed by atoms with Gasteiger partial charge in [-0.05, 0) is 0 Å². The molecule has 10 heteroatoms. The Morgan fingerprint density at radius 2 is 0.857 bits per heavy atom. The Labute approximate surface area is 70.7 Å². The molecule has 1 radical (unpaired) electrons. The van der Waals surface area contributed by atoms with E-state index in [1.807, 2.05) is 0 Å².